The molecule has 1 atom stereocenters. The molecule has 0 spiro atoms. The molecule has 0 bridgehead atoms. The van der Waals surface area contributed by atoms with Gasteiger partial charge in [-0.05, 0) is 0 Å². The van der Waals surface area contributed by atoms with Crippen molar-refractivity contribution in [1.82, 2.24) is 5.32 Å². The third-order valence-corrected chi connectivity index (χ3v) is 4.35. The summed E-state index contributed by atoms with van der Waals surface area (Å²) in [5.41, 5.74) is 4.18. The summed E-state index contributed by atoms with van der Waals surface area (Å²) < 4.78 is 22.1. The molecule has 146 valence electrons. The van der Waals surface area contributed by atoms with Crippen molar-refractivity contribution < 1.29 is 33.7 Å². The number of rotatable bonds is 7. The van der Waals surface area contributed by atoms with E-state index < -0.39 is 21.8 Å². The molecule has 7 heteroatoms. The Kier molecular flexibility index (Phi) is 10.2. The van der Waals surface area contributed by atoms with Gasteiger partial charge >= 0.3 is 158 Å². The summed E-state index contributed by atoms with van der Waals surface area (Å²) in [6.07, 6.45) is 8.30. The Morgan fingerprint density at radius 2 is 1.92 bits per heavy atom. The third kappa shape index (κ3) is 9.04. The first kappa shape index (κ1) is 24.2. The molecule has 1 amide bonds. The third-order valence-electron chi connectivity index (χ3n) is 3.39. The number of hydrogen-bond acceptors (Lipinski definition) is 4. The van der Waals surface area contributed by atoms with Gasteiger partial charge in [-0.3, -0.25) is 0 Å². The molecule has 0 aliphatic heterocycles. The number of hydrogen-bond donors (Lipinski definition) is 1. The van der Waals surface area contributed by atoms with Crippen molar-refractivity contribution in [2.24, 2.45) is 0 Å². The molecule has 0 radical (unpaired) electrons. The fourth-order valence-electron chi connectivity index (χ4n) is 1.86. The average Bonchev–Trinajstić information content (AvgIpc) is 2.52. The zero-order valence-corrected chi connectivity index (χ0v) is 16.9. The van der Waals surface area contributed by atoms with Crippen molar-refractivity contribution in [2.75, 3.05) is 6.26 Å². The second kappa shape index (κ2) is 11.0. The van der Waals surface area contributed by atoms with Gasteiger partial charge in [-0.15, -0.1) is 0 Å². The summed E-state index contributed by atoms with van der Waals surface area (Å²) in [5, 5.41) is 3.67. The molecule has 26 heavy (non-hydrogen) atoms. The Hall–Kier alpha value is -1.82. The molecule has 0 saturated carbocycles. The maximum absolute atomic E-state index is 11.8. The predicted octanol–water partition coefficient (Wildman–Crippen LogP) is 2.28. The molecule has 0 unspecified atom stereocenters. The zero-order chi connectivity index (χ0) is 19.0. The molecular weight excluding hydrogens is 397 g/mol. The van der Waals surface area contributed by atoms with Gasteiger partial charge in [0.15, 0.2) is 0 Å². The van der Waals surface area contributed by atoms with E-state index in [1.54, 1.807) is 18.0 Å². The van der Waals surface area contributed by atoms with Crippen LogP contribution in [-0.2, 0) is 29.7 Å². The van der Waals surface area contributed by atoms with Crippen molar-refractivity contribution in [2.45, 2.75) is 26.8 Å². The Morgan fingerprint density at radius 1 is 1.27 bits per heavy atom. The zero-order valence-electron chi connectivity index (χ0n) is 15.1. The number of sulfone groups is 1. The monoisotopic (exact) mass is 419 g/mol. The van der Waals surface area contributed by atoms with Crippen LogP contribution >= 0.6 is 0 Å². The molecule has 0 fully saturated rings. The largest absolute Gasteiger partial charge is 0.870 e. The van der Waals surface area contributed by atoms with Crippen LogP contribution in [-0.4, -0.2) is 37.1 Å². The maximum Gasteiger partial charge on any atom is -0.870 e. The van der Waals surface area contributed by atoms with Crippen LogP contribution in [0, 0.1) is 19.9 Å². The average molecular weight is 420 g/mol. The number of amides is 1. The van der Waals surface area contributed by atoms with Gasteiger partial charge in [0.25, 0.3) is 0 Å². The normalized spacial score (nSPS) is 13.5. The minimum atomic E-state index is -3.21. The quantitative estimate of drug-likeness (QED) is 0.317. The number of carbonyl (C=O) groups is 1. The molecule has 0 aliphatic carbocycles. The van der Waals surface area contributed by atoms with E-state index in [2.05, 4.69) is 11.4 Å². The van der Waals surface area contributed by atoms with Crippen molar-refractivity contribution in [3.63, 3.8) is 0 Å². The Labute approximate surface area is 163 Å². The number of benzene rings is 1. The number of allylic oxidation sites excluding steroid dienone is 3. The van der Waals surface area contributed by atoms with Crippen LogP contribution in [0.4, 0.5) is 0 Å². The summed E-state index contributed by atoms with van der Waals surface area (Å²) >= 11 is 4.73. The van der Waals surface area contributed by atoms with E-state index in [1.807, 2.05) is 32.0 Å². The molecule has 5 nitrogen and oxygen atoms in total. The Balaban J connectivity index is 0.00000625. The standard InChI is InChI=1S/C19H22NO3S.Ni.H2O/c1-14-9-10-18(13-16(14)3)15(2)7-6-8-19(21)20-17(4)11-12-24(5,22)23;;/h2,6-7,9-13,17H,1,3-5H3,(H,20,21);;1H2/q-1;;/p-1/b12-11-,15-7+;;/t17-;;/m0../s1. The minimum absolute atomic E-state index is 0. The Bertz CT molecular complexity index is 839. The van der Waals surface area contributed by atoms with Gasteiger partial charge in [-0.2, -0.15) is 0 Å². The van der Waals surface area contributed by atoms with Crippen LogP contribution in [0.25, 0.3) is 5.57 Å². The number of carbonyl (C=O) groups excluding carboxylic acids is 1. The van der Waals surface area contributed by atoms with Gasteiger partial charge in [0.05, 0.1) is 0 Å². The number of aryl methyl sites for hydroxylation is 2. The van der Waals surface area contributed by atoms with Gasteiger partial charge in [0.1, 0.15) is 0 Å². The first-order chi connectivity index (χ1) is 11.6. The topological polar surface area (TPSA) is 93.2 Å². The fraction of sp³-hybridized carbons (Fsp3) is 0.263. The first-order valence-electron chi connectivity index (χ1n) is 7.58. The predicted molar refractivity (Wildman–Crippen MR) is 101 cm³/mol. The van der Waals surface area contributed by atoms with Gasteiger partial charge in [0, 0.05) is 0 Å². The molecule has 0 aromatic heterocycles. The molecule has 1 rings (SSSR count). The summed E-state index contributed by atoms with van der Waals surface area (Å²) in [7, 11) is -3.21. The van der Waals surface area contributed by atoms with E-state index in [4.69, 9.17) is 15.0 Å². The van der Waals surface area contributed by atoms with E-state index in [0.29, 0.717) is 0 Å². The molecular formula is C19H23NNiO4S-2. The fourth-order valence-corrected chi connectivity index (χ4v) is 2.65. The van der Waals surface area contributed by atoms with Crippen LogP contribution in [0.1, 0.15) is 23.6 Å². The molecule has 1 aromatic rings. The summed E-state index contributed by atoms with van der Waals surface area (Å²) in [6, 6.07) is 5.63. The van der Waals surface area contributed by atoms with E-state index in [0.717, 1.165) is 22.8 Å². The van der Waals surface area contributed by atoms with Crippen LogP contribution in [0.2, 0.25) is 0 Å². The number of nitrogens with one attached hydrogen (secondary N) is 1. The van der Waals surface area contributed by atoms with Gasteiger partial charge in [-0.25, -0.2) is 0 Å². The smallest absolute Gasteiger partial charge is 0.870 e. The minimum Gasteiger partial charge on any atom is -0.870 e. The van der Waals surface area contributed by atoms with Crippen LogP contribution in [0.15, 0.2) is 41.8 Å². The van der Waals surface area contributed by atoms with E-state index in [-0.39, 0.29) is 5.48 Å². The van der Waals surface area contributed by atoms with Crippen LogP contribution in [0.5, 0.6) is 0 Å². The molecule has 0 heterocycles. The molecule has 0 saturated heterocycles. The summed E-state index contributed by atoms with van der Waals surface area (Å²) in [4.78, 5) is 13.4. The second-order valence-corrected chi connectivity index (χ2v) is 7.96. The van der Waals surface area contributed by atoms with Crippen molar-refractivity contribution in [3.8, 4) is 0 Å². The van der Waals surface area contributed by atoms with Crippen molar-refractivity contribution in [3.05, 3.63) is 64.6 Å². The summed E-state index contributed by atoms with van der Waals surface area (Å²) in [5.74, 6) is -0.436. The van der Waals surface area contributed by atoms with Crippen molar-refractivity contribution >= 4 is 26.3 Å². The SMILES string of the molecule is Cc1ccc(/C([CH]=[Ni])=C/C=[C-]C(=O)N[C@@H](C)/C=C\S(C)(=O)=O)cc1C.[OH-]. The summed E-state index contributed by atoms with van der Waals surface area (Å²) in [6.45, 7) is 5.75. The molecule has 2 N–H and O–H groups in total. The molecule has 0 aliphatic rings. The van der Waals surface area contributed by atoms with Gasteiger partial charge in [-0.1, -0.05) is 0 Å². The van der Waals surface area contributed by atoms with Crippen molar-refractivity contribution in [1.29, 1.82) is 0 Å². The van der Waals surface area contributed by atoms with Gasteiger partial charge < -0.3 is 5.48 Å². The van der Waals surface area contributed by atoms with E-state index >= 15 is 0 Å². The van der Waals surface area contributed by atoms with E-state index in [1.165, 1.54) is 23.3 Å². The first-order valence-corrected chi connectivity index (χ1v) is 10.1. The Morgan fingerprint density at radius 3 is 2.46 bits per heavy atom. The maximum atomic E-state index is 11.8. The van der Waals surface area contributed by atoms with Crippen LogP contribution < -0.4 is 5.32 Å². The molecule has 1 aromatic carbocycles. The van der Waals surface area contributed by atoms with Crippen LogP contribution in [0.3, 0.4) is 0 Å². The van der Waals surface area contributed by atoms with E-state index in [9.17, 15) is 13.2 Å². The van der Waals surface area contributed by atoms with Gasteiger partial charge in [0.2, 0.25) is 0 Å². The second-order valence-electron chi connectivity index (χ2n) is 5.74.